The van der Waals surface area contributed by atoms with Crippen LogP contribution in [0.5, 0.6) is 0 Å². The molecule has 10 heteroatoms. The molecule has 3 atom stereocenters. The first-order chi connectivity index (χ1) is 25.8. The molecule has 4 N–H and O–H groups in total. The Labute approximate surface area is 323 Å². The highest BCUT2D eigenvalue weighted by Crippen LogP contribution is 2.43. The molecule has 0 aromatic carbocycles. The largest absolute Gasteiger partial charge is 0.492 e. The lowest BCUT2D eigenvalue weighted by molar-refractivity contribution is -0.147. The van der Waals surface area contributed by atoms with E-state index in [1.54, 1.807) is 6.26 Å². The van der Waals surface area contributed by atoms with E-state index in [2.05, 4.69) is 62.5 Å². The number of phosphoric ester groups is 1. The highest BCUT2D eigenvalue weighted by Gasteiger charge is 2.24. The van der Waals surface area contributed by atoms with E-state index < -0.39 is 13.9 Å². The lowest BCUT2D eigenvalue weighted by Gasteiger charge is -2.19. The molecule has 9 nitrogen and oxygen atoms in total. The first kappa shape index (κ1) is 50.7. The zero-order valence-electron chi connectivity index (χ0n) is 33.3. The lowest BCUT2D eigenvalue weighted by Crippen LogP contribution is -2.25. The average Bonchev–Trinajstić information content (AvgIpc) is 3.15. The molecule has 0 radical (unpaired) electrons. The molecular formula is C43H76NO8P. The predicted molar refractivity (Wildman–Crippen MR) is 220 cm³/mol. The van der Waals surface area contributed by atoms with E-state index in [0.29, 0.717) is 6.42 Å². The number of ether oxygens (including phenoxy) is 2. The summed E-state index contributed by atoms with van der Waals surface area (Å²) in [5.41, 5.74) is 5.35. The normalized spacial score (nSPS) is 14.8. The number of aliphatic hydroxyl groups is 1. The summed E-state index contributed by atoms with van der Waals surface area (Å²) in [4.78, 5) is 22.2. The van der Waals surface area contributed by atoms with Crippen molar-refractivity contribution in [1.29, 1.82) is 0 Å². The van der Waals surface area contributed by atoms with Crippen LogP contribution in [0.15, 0.2) is 73.1 Å². The van der Waals surface area contributed by atoms with Gasteiger partial charge in [0.05, 0.1) is 25.6 Å². The van der Waals surface area contributed by atoms with Crippen LogP contribution in [0.4, 0.5) is 0 Å². The summed E-state index contributed by atoms with van der Waals surface area (Å²) in [7, 11) is -4.29. The number of rotatable bonds is 38. The van der Waals surface area contributed by atoms with Crippen molar-refractivity contribution in [1.82, 2.24) is 0 Å². The molecule has 306 valence electrons. The fraction of sp³-hybridized carbons (Fsp3) is 0.698. The number of carbonyl (C=O) groups excluding carboxylic acids is 1. The van der Waals surface area contributed by atoms with Gasteiger partial charge in [-0.1, -0.05) is 132 Å². The van der Waals surface area contributed by atoms with Crippen LogP contribution in [0.3, 0.4) is 0 Å². The second-order valence-corrected chi connectivity index (χ2v) is 14.8. The summed E-state index contributed by atoms with van der Waals surface area (Å²) in [6.45, 7) is 3.94. The predicted octanol–water partition coefficient (Wildman–Crippen LogP) is 11.3. The number of esters is 1. The summed E-state index contributed by atoms with van der Waals surface area (Å²) < 4.78 is 33.1. The maximum Gasteiger partial charge on any atom is 0.472 e. The molecule has 1 unspecified atom stereocenters. The van der Waals surface area contributed by atoms with E-state index in [1.807, 2.05) is 18.2 Å². The maximum atomic E-state index is 12.4. The molecule has 0 heterocycles. The van der Waals surface area contributed by atoms with Crippen molar-refractivity contribution in [2.24, 2.45) is 5.73 Å². The molecule has 0 aliphatic rings. The molecule has 0 spiro atoms. The van der Waals surface area contributed by atoms with Gasteiger partial charge in [-0.2, -0.15) is 0 Å². The Kier molecular flexibility index (Phi) is 37.8. The van der Waals surface area contributed by atoms with Crippen LogP contribution in [-0.4, -0.2) is 54.5 Å². The van der Waals surface area contributed by atoms with Gasteiger partial charge in [0.25, 0.3) is 0 Å². The van der Waals surface area contributed by atoms with Crippen LogP contribution in [0.2, 0.25) is 0 Å². The van der Waals surface area contributed by atoms with Crippen molar-refractivity contribution in [3.05, 3.63) is 73.1 Å². The smallest absolute Gasteiger partial charge is 0.472 e. The topological polar surface area (TPSA) is 138 Å². The van der Waals surface area contributed by atoms with Gasteiger partial charge < -0.3 is 25.2 Å². The van der Waals surface area contributed by atoms with Gasteiger partial charge in [0.15, 0.2) is 6.10 Å². The van der Waals surface area contributed by atoms with Crippen LogP contribution in [0, 0.1) is 0 Å². The third kappa shape index (κ3) is 39.3. The summed E-state index contributed by atoms with van der Waals surface area (Å²) in [6, 6.07) is 0. The van der Waals surface area contributed by atoms with Gasteiger partial charge in [-0.05, 0) is 83.1 Å². The Bertz CT molecular complexity index is 1050. The van der Waals surface area contributed by atoms with E-state index in [0.717, 1.165) is 64.2 Å². The van der Waals surface area contributed by atoms with Crippen molar-refractivity contribution in [2.45, 2.75) is 167 Å². The molecule has 0 fully saturated rings. The summed E-state index contributed by atoms with van der Waals surface area (Å²) in [6.07, 6.45) is 46.4. The second kappa shape index (κ2) is 39.4. The van der Waals surface area contributed by atoms with E-state index in [1.165, 1.54) is 64.2 Å². The highest BCUT2D eigenvalue weighted by molar-refractivity contribution is 7.47. The Hall–Kier alpha value is -2.26. The zero-order chi connectivity index (χ0) is 38.9. The van der Waals surface area contributed by atoms with E-state index in [-0.39, 0.29) is 44.9 Å². The van der Waals surface area contributed by atoms with Crippen LogP contribution < -0.4 is 5.73 Å². The van der Waals surface area contributed by atoms with Crippen LogP contribution in [0.1, 0.15) is 155 Å². The third-order valence-corrected chi connectivity index (χ3v) is 9.24. The van der Waals surface area contributed by atoms with E-state index in [4.69, 9.17) is 24.3 Å². The standard InChI is InChI=1S/C43H76NO8P/c1-3-5-7-8-9-10-11-12-13-14-17-20-23-26-29-32-37-49-42(40-52-53(47,48)51-38-36-44)39-50-43(46)35-31-28-25-22-19-16-15-18-21-24-27-30-34-41(45)33-6-4-2/h10-11,15-16,21-22,24-25,30,32,34,37,41-42,45H,3-9,12-14,17-20,23,26-29,31,33,35-36,38-40,44H2,1-2H3,(H,47,48)/b11-10-,16-15-,24-21-,25-22-,34-30-,37-32+/t41-,42+/m0/s1. The number of allylic oxidation sites excluding steroid dienone is 10. The SMILES string of the molecule is CCCCCC/C=C\CCCCCCCC/C=C/O[C@H](COC(=O)CCC/C=C\C/C=C\C/C=C\C/C=C\[C@@H](O)CCCC)COP(=O)(O)OCCN. The van der Waals surface area contributed by atoms with Crippen molar-refractivity contribution < 1.29 is 37.9 Å². The Balaban J connectivity index is 4.26. The lowest BCUT2D eigenvalue weighted by atomic mass is 10.1. The van der Waals surface area contributed by atoms with Crippen molar-refractivity contribution in [3.8, 4) is 0 Å². The van der Waals surface area contributed by atoms with Gasteiger partial charge in [0.1, 0.15) is 6.61 Å². The number of phosphoric acid groups is 1. The summed E-state index contributed by atoms with van der Waals surface area (Å²) >= 11 is 0. The van der Waals surface area contributed by atoms with Crippen LogP contribution >= 0.6 is 7.82 Å². The minimum Gasteiger partial charge on any atom is -0.492 e. The van der Waals surface area contributed by atoms with Gasteiger partial charge in [0, 0.05) is 13.0 Å². The Morgan fingerprint density at radius 1 is 0.660 bits per heavy atom. The number of carbonyl (C=O) groups is 1. The van der Waals surface area contributed by atoms with Crippen LogP contribution in [0.25, 0.3) is 0 Å². The van der Waals surface area contributed by atoms with Gasteiger partial charge in [-0.3, -0.25) is 13.8 Å². The fourth-order valence-corrected chi connectivity index (χ4v) is 5.87. The Morgan fingerprint density at radius 2 is 1.19 bits per heavy atom. The van der Waals surface area contributed by atoms with E-state index >= 15 is 0 Å². The molecule has 0 aliphatic heterocycles. The first-order valence-electron chi connectivity index (χ1n) is 20.6. The number of nitrogens with two attached hydrogens (primary N) is 1. The molecule has 0 amide bonds. The van der Waals surface area contributed by atoms with Crippen molar-refractivity contribution in [2.75, 3.05) is 26.4 Å². The van der Waals surface area contributed by atoms with Crippen molar-refractivity contribution in [3.63, 3.8) is 0 Å². The third-order valence-electron chi connectivity index (χ3n) is 8.26. The maximum absolute atomic E-state index is 12.4. The Morgan fingerprint density at radius 3 is 1.81 bits per heavy atom. The minimum atomic E-state index is -4.29. The molecule has 0 aliphatic carbocycles. The van der Waals surface area contributed by atoms with Crippen LogP contribution in [-0.2, 0) is 27.9 Å². The minimum absolute atomic E-state index is 0.0827. The summed E-state index contributed by atoms with van der Waals surface area (Å²) in [5, 5.41) is 9.80. The molecule has 53 heavy (non-hydrogen) atoms. The highest BCUT2D eigenvalue weighted by atomic mass is 31.2. The molecule has 0 saturated carbocycles. The number of unbranched alkanes of at least 4 members (excludes halogenated alkanes) is 13. The average molecular weight is 766 g/mol. The quantitative estimate of drug-likeness (QED) is 0.0184. The molecular weight excluding hydrogens is 689 g/mol. The number of hydrogen-bond acceptors (Lipinski definition) is 8. The molecule has 0 aromatic heterocycles. The first-order valence-corrected chi connectivity index (χ1v) is 22.1. The number of aliphatic hydroxyl groups excluding tert-OH is 1. The number of hydrogen-bond donors (Lipinski definition) is 3. The monoisotopic (exact) mass is 766 g/mol. The van der Waals surface area contributed by atoms with Gasteiger partial charge in [0.2, 0.25) is 0 Å². The van der Waals surface area contributed by atoms with Gasteiger partial charge in [-0.25, -0.2) is 4.57 Å². The molecule has 0 bridgehead atoms. The fourth-order valence-electron chi connectivity index (χ4n) is 5.10. The summed E-state index contributed by atoms with van der Waals surface area (Å²) in [5.74, 6) is -0.363. The van der Waals surface area contributed by atoms with Crippen molar-refractivity contribution >= 4 is 13.8 Å². The zero-order valence-corrected chi connectivity index (χ0v) is 34.2. The molecule has 0 rings (SSSR count). The van der Waals surface area contributed by atoms with Gasteiger partial charge in [-0.15, -0.1) is 0 Å². The van der Waals surface area contributed by atoms with Gasteiger partial charge >= 0.3 is 13.8 Å². The van der Waals surface area contributed by atoms with E-state index in [9.17, 15) is 19.4 Å². The molecule has 0 saturated heterocycles. The molecule has 0 aromatic rings. The second-order valence-electron chi connectivity index (χ2n) is 13.4.